The van der Waals surface area contributed by atoms with Crippen LogP contribution >= 0.6 is 0 Å². The Labute approximate surface area is 136 Å². The van der Waals surface area contributed by atoms with Gasteiger partial charge in [0, 0.05) is 25.0 Å². The second-order valence-electron chi connectivity index (χ2n) is 6.19. The van der Waals surface area contributed by atoms with Gasteiger partial charge in [0.15, 0.2) is 0 Å². The van der Waals surface area contributed by atoms with Gasteiger partial charge < -0.3 is 10.2 Å². The van der Waals surface area contributed by atoms with Gasteiger partial charge in [-0.05, 0) is 56.9 Å². The predicted molar refractivity (Wildman–Crippen MR) is 92.1 cm³/mol. The van der Waals surface area contributed by atoms with Crippen molar-refractivity contribution in [1.82, 2.24) is 9.97 Å². The first-order valence-electron chi connectivity index (χ1n) is 8.01. The summed E-state index contributed by atoms with van der Waals surface area (Å²) in [6.45, 7) is 7.88. The summed E-state index contributed by atoms with van der Waals surface area (Å²) in [7, 11) is 0. The highest BCUT2D eigenvalue weighted by Crippen LogP contribution is 2.19. The number of nitrogens with zero attached hydrogens (tertiary/aromatic N) is 3. The van der Waals surface area contributed by atoms with Crippen LogP contribution in [0.1, 0.15) is 40.0 Å². The third-order valence-electron chi connectivity index (χ3n) is 4.08. The van der Waals surface area contributed by atoms with Crippen LogP contribution < -0.4 is 10.2 Å². The second-order valence-corrected chi connectivity index (χ2v) is 6.19. The van der Waals surface area contributed by atoms with Crippen molar-refractivity contribution in [3.05, 3.63) is 46.8 Å². The lowest BCUT2D eigenvalue weighted by Crippen LogP contribution is -2.22. The predicted octanol–water partition coefficient (Wildman–Crippen LogP) is 3.25. The number of rotatable bonds is 3. The summed E-state index contributed by atoms with van der Waals surface area (Å²) in [6, 6.07) is 5.99. The molecule has 0 unspecified atom stereocenters. The van der Waals surface area contributed by atoms with E-state index in [0.29, 0.717) is 11.3 Å². The number of benzene rings is 1. The molecule has 1 aliphatic heterocycles. The van der Waals surface area contributed by atoms with Crippen LogP contribution in [0.5, 0.6) is 0 Å². The van der Waals surface area contributed by atoms with Crippen molar-refractivity contribution in [2.45, 2.75) is 33.6 Å². The maximum atomic E-state index is 12.5. The van der Waals surface area contributed by atoms with Gasteiger partial charge in [0.05, 0.1) is 11.3 Å². The van der Waals surface area contributed by atoms with Crippen molar-refractivity contribution < 1.29 is 4.79 Å². The molecule has 1 fully saturated rings. The quantitative estimate of drug-likeness (QED) is 0.945. The molecule has 2 aromatic rings. The minimum atomic E-state index is -0.166. The maximum Gasteiger partial charge on any atom is 0.259 e. The SMILES string of the molecule is Cc1cc(C)cc(NC(=O)c2cnc(N3CCCC3)nc2C)c1. The third kappa shape index (κ3) is 3.50. The Hall–Kier alpha value is -2.43. The lowest BCUT2D eigenvalue weighted by atomic mass is 10.1. The molecule has 0 aliphatic carbocycles. The Kier molecular flexibility index (Phi) is 4.28. The number of carbonyl (C=O) groups is 1. The van der Waals surface area contributed by atoms with Crippen LogP contribution in [-0.4, -0.2) is 29.0 Å². The molecule has 0 bridgehead atoms. The first-order valence-corrected chi connectivity index (χ1v) is 8.01. The molecule has 1 saturated heterocycles. The van der Waals surface area contributed by atoms with Crippen LogP contribution in [0, 0.1) is 20.8 Å². The zero-order valence-corrected chi connectivity index (χ0v) is 13.9. The van der Waals surface area contributed by atoms with E-state index >= 15 is 0 Å². The number of nitrogens with one attached hydrogen (secondary N) is 1. The van der Waals surface area contributed by atoms with Crippen molar-refractivity contribution in [2.24, 2.45) is 0 Å². The second kappa shape index (κ2) is 6.36. The van der Waals surface area contributed by atoms with E-state index in [2.05, 4.69) is 26.3 Å². The molecule has 0 saturated carbocycles. The normalized spacial score (nSPS) is 14.1. The zero-order valence-electron chi connectivity index (χ0n) is 13.9. The number of aryl methyl sites for hydroxylation is 3. The van der Waals surface area contributed by atoms with Gasteiger partial charge in [-0.25, -0.2) is 9.97 Å². The number of anilines is 2. The average molecular weight is 310 g/mol. The Morgan fingerprint density at radius 2 is 1.74 bits per heavy atom. The van der Waals surface area contributed by atoms with Gasteiger partial charge in [-0.2, -0.15) is 0 Å². The molecule has 23 heavy (non-hydrogen) atoms. The molecule has 120 valence electrons. The minimum absolute atomic E-state index is 0.166. The summed E-state index contributed by atoms with van der Waals surface area (Å²) in [5.74, 6) is 0.559. The Bertz CT molecular complexity index is 716. The monoisotopic (exact) mass is 310 g/mol. The summed E-state index contributed by atoms with van der Waals surface area (Å²) < 4.78 is 0. The topological polar surface area (TPSA) is 58.1 Å². The van der Waals surface area contributed by atoms with Gasteiger partial charge in [0.2, 0.25) is 5.95 Å². The summed E-state index contributed by atoms with van der Waals surface area (Å²) in [5.41, 5.74) is 4.28. The van der Waals surface area contributed by atoms with Crippen LogP contribution in [0.2, 0.25) is 0 Å². The fourth-order valence-corrected chi connectivity index (χ4v) is 2.99. The standard InChI is InChI=1S/C18H22N4O/c1-12-8-13(2)10-15(9-12)21-17(23)16-11-19-18(20-14(16)3)22-6-4-5-7-22/h8-11H,4-7H2,1-3H3,(H,21,23). The molecule has 5 heteroatoms. The highest BCUT2D eigenvalue weighted by molar-refractivity contribution is 6.04. The Morgan fingerprint density at radius 1 is 1.09 bits per heavy atom. The van der Waals surface area contributed by atoms with Gasteiger partial charge in [0.1, 0.15) is 0 Å². The first-order chi connectivity index (χ1) is 11.0. The zero-order chi connectivity index (χ0) is 16.4. The molecule has 1 N–H and O–H groups in total. The van der Waals surface area contributed by atoms with Crippen LogP contribution in [0.25, 0.3) is 0 Å². The van der Waals surface area contributed by atoms with Crippen LogP contribution in [-0.2, 0) is 0 Å². The maximum absolute atomic E-state index is 12.5. The van der Waals surface area contributed by atoms with Crippen molar-refractivity contribution in [3.63, 3.8) is 0 Å². The van der Waals surface area contributed by atoms with E-state index in [-0.39, 0.29) is 5.91 Å². The van der Waals surface area contributed by atoms with E-state index in [1.165, 1.54) is 12.8 Å². The number of aromatic nitrogens is 2. The molecule has 2 heterocycles. The fraction of sp³-hybridized carbons (Fsp3) is 0.389. The first kappa shape index (κ1) is 15.5. The summed E-state index contributed by atoms with van der Waals surface area (Å²) >= 11 is 0. The third-order valence-corrected chi connectivity index (χ3v) is 4.08. The van der Waals surface area contributed by atoms with Crippen molar-refractivity contribution >= 4 is 17.5 Å². The molecule has 3 rings (SSSR count). The van der Waals surface area contributed by atoms with E-state index in [4.69, 9.17) is 0 Å². The molecule has 1 aromatic carbocycles. The Morgan fingerprint density at radius 3 is 2.35 bits per heavy atom. The smallest absolute Gasteiger partial charge is 0.259 e. The largest absolute Gasteiger partial charge is 0.341 e. The van der Waals surface area contributed by atoms with Crippen molar-refractivity contribution in [1.29, 1.82) is 0 Å². The van der Waals surface area contributed by atoms with E-state index in [1.54, 1.807) is 6.20 Å². The average Bonchev–Trinajstić information content (AvgIpc) is 2.99. The lowest BCUT2D eigenvalue weighted by molar-refractivity contribution is 0.102. The molecule has 0 atom stereocenters. The summed E-state index contributed by atoms with van der Waals surface area (Å²) in [4.78, 5) is 23.5. The van der Waals surface area contributed by atoms with E-state index in [1.807, 2.05) is 32.9 Å². The summed E-state index contributed by atoms with van der Waals surface area (Å²) in [6.07, 6.45) is 3.99. The van der Waals surface area contributed by atoms with E-state index in [9.17, 15) is 4.79 Å². The molecular formula is C18H22N4O. The van der Waals surface area contributed by atoms with Gasteiger partial charge in [0.25, 0.3) is 5.91 Å². The van der Waals surface area contributed by atoms with Crippen LogP contribution in [0.15, 0.2) is 24.4 Å². The Balaban J connectivity index is 1.79. The molecule has 1 aliphatic rings. The van der Waals surface area contributed by atoms with Gasteiger partial charge >= 0.3 is 0 Å². The van der Waals surface area contributed by atoms with Gasteiger partial charge in [-0.3, -0.25) is 4.79 Å². The number of hydrogen-bond acceptors (Lipinski definition) is 4. The molecular weight excluding hydrogens is 288 g/mol. The molecule has 1 aromatic heterocycles. The molecule has 5 nitrogen and oxygen atoms in total. The summed E-state index contributed by atoms with van der Waals surface area (Å²) in [5, 5.41) is 2.94. The lowest BCUT2D eigenvalue weighted by Gasteiger charge is -2.16. The van der Waals surface area contributed by atoms with Crippen LogP contribution in [0.3, 0.4) is 0 Å². The number of carbonyl (C=O) groups excluding carboxylic acids is 1. The molecule has 1 amide bonds. The number of hydrogen-bond donors (Lipinski definition) is 1. The van der Waals surface area contributed by atoms with E-state index < -0.39 is 0 Å². The van der Waals surface area contributed by atoms with Gasteiger partial charge in [-0.15, -0.1) is 0 Å². The van der Waals surface area contributed by atoms with Crippen molar-refractivity contribution in [3.8, 4) is 0 Å². The highest BCUT2D eigenvalue weighted by Gasteiger charge is 2.18. The van der Waals surface area contributed by atoms with Crippen LogP contribution in [0.4, 0.5) is 11.6 Å². The minimum Gasteiger partial charge on any atom is -0.341 e. The highest BCUT2D eigenvalue weighted by atomic mass is 16.1. The molecule has 0 radical (unpaired) electrons. The molecule has 0 spiro atoms. The van der Waals surface area contributed by atoms with E-state index in [0.717, 1.165) is 35.9 Å². The fourth-order valence-electron chi connectivity index (χ4n) is 2.99. The number of amides is 1. The van der Waals surface area contributed by atoms with Crippen molar-refractivity contribution in [2.75, 3.05) is 23.3 Å². The van der Waals surface area contributed by atoms with Gasteiger partial charge in [-0.1, -0.05) is 6.07 Å².